The van der Waals surface area contributed by atoms with Gasteiger partial charge in [-0.15, -0.1) is 13.2 Å². The molecule has 5 atom stereocenters. The standard InChI is InChI=1S/C29H46N4O6/c1-4-11-31(12-5-2)26(35)23-22-9-10-29(39-22)24(23)27(36)33(14-7-8-19-34)25(29)28(37)32(13-6-3)16-15-30-17-20-38-21-18-30/h4,6,22-25,34H,1,3,5,7-21H2,2H3/t22-,23+,24+,25?,29?/m1/s1. The summed E-state index contributed by atoms with van der Waals surface area (Å²) >= 11 is 0. The number of unbranched alkanes of at least 4 members (excludes halogenated alkanes) is 1. The molecule has 0 aromatic carbocycles. The molecule has 4 fully saturated rings. The number of ether oxygens (including phenoxy) is 2. The number of amides is 3. The minimum Gasteiger partial charge on any atom is -0.396 e. The van der Waals surface area contributed by atoms with Gasteiger partial charge >= 0.3 is 0 Å². The third-order valence-electron chi connectivity index (χ3n) is 8.73. The number of rotatable bonds is 15. The van der Waals surface area contributed by atoms with Crippen LogP contribution in [0.2, 0.25) is 0 Å². The van der Waals surface area contributed by atoms with Crippen LogP contribution >= 0.6 is 0 Å². The highest BCUT2D eigenvalue weighted by molar-refractivity contribution is 5.99. The van der Waals surface area contributed by atoms with Crippen molar-refractivity contribution < 1.29 is 29.0 Å². The predicted molar refractivity (Wildman–Crippen MR) is 147 cm³/mol. The van der Waals surface area contributed by atoms with Gasteiger partial charge in [-0.2, -0.15) is 0 Å². The molecule has 0 aromatic heterocycles. The third-order valence-corrected chi connectivity index (χ3v) is 8.73. The quantitative estimate of drug-likeness (QED) is 0.241. The van der Waals surface area contributed by atoms with Crippen molar-refractivity contribution in [3.8, 4) is 0 Å². The predicted octanol–water partition coefficient (Wildman–Crippen LogP) is 0.905. The second-order valence-electron chi connectivity index (χ2n) is 11.1. The molecule has 4 heterocycles. The zero-order chi connectivity index (χ0) is 28.0. The molecule has 218 valence electrons. The van der Waals surface area contributed by atoms with Crippen LogP contribution in [0.4, 0.5) is 0 Å². The van der Waals surface area contributed by atoms with Crippen molar-refractivity contribution in [1.29, 1.82) is 0 Å². The molecule has 10 heteroatoms. The van der Waals surface area contributed by atoms with E-state index in [4.69, 9.17) is 9.47 Å². The number of aliphatic hydroxyl groups is 1. The number of hydrogen-bond donors (Lipinski definition) is 1. The van der Waals surface area contributed by atoms with E-state index in [1.807, 2.05) is 6.92 Å². The van der Waals surface area contributed by atoms with Gasteiger partial charge < -0.3 is 29.3 Å². The molecule has 3 amide bonds. The molecule has 1 N–H and O–H groups in total. The van der Waals surface area contributed by atoms with E-state index in [-0.39, 0.29) is 30.4 Å². The van der Waals surface area contributed by atoms with Crippen LogP contribution in [0.5, 0.6) is 0 Å². The van der Waals surface area contributed by atoms with Crippen LogP contribution in [-0.4, -0.2) is 132 Å². The molecule has 39 heavy (non-hydrogen) atoms. The van der Waals surface area contributed by atoms with E-state index in [1.165, 1.54) is 0 Å². The summed E-state index contributed by atoms with van der Waals surface area (Å²) in [7, 11) is 0. The Labute approximate surface area is 232 Å². The second kappa shape index (κ2) is 13.4. The molecular formula is C29H46N4O6. The number of carbonyl (C=O) groups excluding carboxylic acids is 3. The third kappa shape index (κ3) is 5.80. The molecule has 4 aliphatic rings. The summed E-state index contributed by atoms with van der Waals surface area (Å²) < 4.78 is 12.1. The van der Waals surface area contributed by atoms with Crippen molar-refractivity contribution in [1.82, 2.24) is 19.6 Å². The highest BCUT2D eigenvalue weighted by Gasteiger charge is 2.74. The molecule has 0 radical (unpaired) electrons. The SMILES string of the molecule is C=CCN(CCN1CCOCC1)C(=O)C1N(CCCCO)C(=O)[C@@H]2[C@@H](C(=O)N(CC=C)CCC)[C@H]3CCC12O3. The second-order valence-corrected chi connectivity index (χ2v) is 11.1. The highest BCUT2D eigenvalue weighted by atomic mass is 16.5. The maximum absolute atomic E-state index is 14.3. The summed E-state index contributed by atoms with van der Waals surface area (Å²) in [6.45, 7) is 15.7. The Balaban J connectivity index is 1.62. The molecule has 4 rings (SSSR count). The molecular weight excluding hydrogens is 500 g/mol. The summed E-state index contributed by atoms with van der Waals surface area (Å²) in [5.74, 6) is -1.68. The minimum atomic E-state index is -1.01. The van der Waals surface area contributed by atoms with E-state index in [1.54, 1.807) is 26.9 Å². The molecule has 2 unspecified atom stereocenters. The van der Waals surface area contributed by atoms with Crippen molar-refractivity contribution in [3.05, 3.63) is 25.3 Å². The number of aliphatic hydroxyl groups excluding tert-OH is 1. The van der Waals surface area contributed by atoms with Gasteiger partial charge in [-0.25, -0.2) is 0 Å². The van der Waals surface area contributed by atoms with Crippen LogP contribution in [0.15, 0.2) is 25.3 Å². The summed E-state index contributed by atoms with van der Waals surface area (Å²) in [4.78, 5) is 49.8. The van der Waals surface area contributed by atoms with E-state index >= 15 is 0 Å². The van der Waals surface area contributed by atoms with Gasteiger partial charge in [-0.3, -0.25) is 19.3 Å². The van der Waals surface area contributed by atoms with E-state index in [9.17, 15) is 19.5 Å². The zero-order valence-electron chi connectivity index (χ0n) is 23.5. The van der Waals surface area contributed by atoms with Gasteiger partial charge in [0.25, 0.3) is 0 Å². The van der Waals surface area contributed by atoms with Gasteiger partial charge in [0, 0.05) is 59.0 Å². The molecule has 10 nitrogen and oxygen atoms in total. The van der Waals surface area contributed by atoms with Crippen molar-refractivity contribution in [2.45, 2.75) is 56.8 Å². The number of morpholine rings is 1. The van der Waals surface area contributed by atoms with Gasteiger partial charge in [0.1, 0.15) is 11.6 Å². The first kappa shape index (κ1) is 29.7. The van der Waals surface area contributed by atoms with Crippen LogP contribution in [0.3, 0.4) is 0 Å². The van der Waals surface area contributed by atoms with E-state index in [0.29, 0.717) is 78.2 Å². The largest absolute Gasteiger partial charge is 0.396 e. The maximum Gasteiger partial charge on any atom is 0.248 e. The number of nitrogens with zero attached hydrogens (tertiary/aromatic N) is 4. The summed E-state index contributed by atoms with van der Waals surface area (Å²) in [5.41, 5.74) is -1.01. The van der Waals surface area contributed by atoms with Gasteiger partial charge in [-0.05, 0) is 32.1 Å². The van der Waals surface area contributed by atoms with Gasteiger partial charge in [0.2, 0.25) is 17.7 Å². The Hall–Kier alpha value is -2.27. The molecule has 4 aliphatic heterocycles. The number of hydrogen-bond acceptors (Lipinski definition) is 7. The lowest BCUT2D eigenvalue weighted by molar-refractivity contribution is -0.149. The average Bonchev–Trinajstić information content (AvgIpc) is 3.58. The van der Waals surface area contributed by atoms with Crippen LogP contribution in [0.1, 0.15) is 39.0 Å². The highest BCUT2D eigenvalue weighted by Crippen LogP contribution is 2.59. The zero-order valence-corrected chi connectivity index (χ0v) is 23.5. The van der Waals surface area contributed by atoms with Gasteiger partial charge in [-0.1, -0.05) is 19.1 Å². The minimum absolute atomic E-state index is 0.0184. The lowest BCUT2D eigenvalue weighted by Crippen LogP contribution is -2.57. The Morgan fingerprint density at radius 1 is 1.08 bits per heavy atom. The molecule has 4 saturated heterocycles. The lowest BCUT2D eigenvalue weighted by atomic mass is 9.70. The molecule has 2 bridgehead atoms. The fourth-order valence-electron chi connectivity index (χ4n) is 6.98. The fourth-order valence-corrected chi connectivity index (χ4v) is 6.98. The Kier molecular flexibility index (Phi) is 10.2. The van der Waals surface area contributed by atoms with Crippen LogP contribution in [-0.2, 0) is 23.9 Å². The Morgan fingerprint density at radius 3 is 2.41 bits per heavy atom. The van der Waals surface area contributed by atoms with Crippen molar-refractivity contribution in [2.24, 2.45) is 11.8 Å². The average molecular weight is 547 g/mol. The number of carbonyl (C=O) groups is 3. The van der Waals surface area contributed by atoms with Crippen LogP contribution < -0.4 is 0 Å². The van der Waals surface area contributed by atoms with E-state index < -0.39 is 23.5 Å². The van der Waals surface area contributed by atoms with Gasteiger partial charge in [0.05, 0.1) is 31.2 Å². The first-order chi connectivity index (χ1) is 18.9. The normalized spacial score (nSPS) is 29.9. The molecule has 0 aromatic rings. The van der Waals surface area contributed by atoms with Crippen molar-refractivity contribution in [2.75, 3.05) is 72.2 Å². The monoisotopic (exact) mass is 546 g/mol. The summed E-state index contributed by atoms with van der Waals surface area (Å²) in [6.07, 6.45) is 6.19. The molecule has 0 aliphatic carbocycles. The first-order valence-corrected chi connectivity index (χ1v) is 14.6. The van der Waals surface area contributed by atoms with Gasteiger partial charge in [0.15, 0.2) is 0 Å². The van der Waals surface area contributed by atoms with Crippen molar-refractivity contribution in [3.63, 3.8) is 0 Å². The maximum atomic E-state index is 14.3. The molecule has 0 saturated carbocycles. The Bertz CT molecular complexity index is 908. The summed E-state index contributed by atoms with van der Waals surface area (Å²) in [5, 5.41) is 9.39. The van der Waals surface area contributed by atoms with E-state index in [0.717, 1.165) is 19.5 Å². The van der Waals surface area contributed by atoms with Crippen molar-refractivity contribution >= 4 is 17.7 Å². The van der Waals surface area contributed by atoms with E-state index in [2.05, 4.69) is 18.1 Å². The summed E-state index contributed by atoms with van der Waals surface area (Å²) in [6, 6.07) is -0.792. The topological polar surface area (TPSA) is 103 Å². The number of likely N-dealkylation sites (tertiary alicyclic amines) is 1. The first-order valence-electron chi connectivity index (χ1n) is 14.6. The van der Waals surface area contributed by atoms with Crippen LogP contribution in [0, 0.1) is 11.8 Å². The smallest absolute Gasteiger partial charge is 0.248 e. The van der Waals surface area contributed by atoms with Crippen LogP contribution in [0.25, 0.3) is 0 Å². The molecule has 1 spiro atoms. The lowest BCUT2D eigenvalue weighted by Gasteiger charge is -2.37. The fraction of sp³-hybridized carbons (Fsp3) is 0.759. The Morgan fingerprint density at radius 2 is 1.77 bits per heavy atom. The number of fused-ring (bicyclic) bond motifs is 1.